The van der Waals surface area contributed by atoms with Gasteiger partial charge >= 0.3 is 0 Å². The van der Waals surface area contributed by atoms with E-state index in [0.29, 0.717) is 12.1 Å². The average molecular weight is 210 g/mol. The van der Waals surface area contributed by atoms with Crippen molar-refractivity contribution in [2.24, 2.45) is 11.5 Å². The lowest BCUT2D eigenvalue weighted by molar-refractivity contribution is 0.0999. The molecule has 4 N–H and O–H groups in total. The molecule has 1 aromatic rings. The second-order valence-corrected chi connectivity index (χ2v) is 3.97. The van der Waals surface area contributed by atoms with E-state index in [1.807, 2.05) is 18.2 Å². The first-order chi connectivity index (χ1) is 6.75. The van der Waals surface area contributed by atoms with E-state index in [2.05, 4.69) is 0 Å². The van der Waals surface area contributed by atoms with Crippen LogP contribution in [0.4, 0.5) is 0 Å². The van der Waals surface area contributed by atoms with Crippen LogP contribution in [0, 0.1) is 0 Å². The molecule has 0 aliphatic heterocycles. The highest BCUT2D eigenvalue weighted by Crippen LogP contribution is 2.15. The summed E-state index contributed by atoms with van der Waals surface area (Å²) < 4.78 is 0. The Labute approximate surface area is 87.9 Å². The summed E-state index contributed by atoms with van der Waals surface area (Å²) in [7, 11) is 0. The molecule has 0 aliphatic carbocycles. The van der Waals surface area contributed by atoms with Crippen LogP contribution in [0.2, 0.25) is 0 Å². The van der Waals surface area contributed by atoms with E-state index in [4.69, 9.17) is 11.5 Å². The van der Waals surface area contributed by atoms with Crippen molar-refractivity contribution in [1.29, 1.82) is 0 Å². The number of primary amides is 1. The molecule has 0 bridgehead atoms. The van der Waals surface area contributed by atoms with Gasteiger partial charge in [0.15, 0.2) is 0 Å². The first kappa shape index (κ1) is 11.1. The highest BCUT2D eigenvalue weighted by Gasteiger charge is 2.05. The van der Waals surface area contributed by atoms with Crippen molar-refractivity contribution < 1.29 is 4.79 Å². The van der Waals surface area contributed by atoms with Gasteiger partial charge in [0.05, 0.1) is 0 Å². The Morgan fingerprint density at radius 1 is 1.36 bits per heavy atom. The summed E-state index contributed by atoms with van der Waals surface area (Å²) in [5, 5.41) is 0. The molecule has 14 heavy (non-hydrogen) atoms. The summed E-state index contributed by atoms with van der Waals surface area (Å²) >= 11 is 1.71. The van der Waals surface area contributed by atoms with Crippen molar-refractivity contribution in [2.75, 3.05) is 12.3 Å². The van der Waals surface area contributed by atoms with Crippen molar-refractivity contribution in [3.05, 3.63) is 35.4 Å². The SMILES string of the molecule is NCCSCc1ccccc1C(N)=O. The lowest BCUT2D eigenvalue weighted by Crippen LogP contribution is -2.13. The zero-order valence-electron chi connectivity index (χ0n) is 7.90. The molecule has 0 heterocycles. The van der Waals surface area contributed by atoms with Crippen LogP contribution >= 0.6 is 11.8 Å². The van der Waals surface area contributed by atoms with Crippen molar-refractivity contribution in [2.45, 2.75) is 5.75 Å². The van der Waals surface area contributed by atoms with Crippen LogP contribution < -0.4 is 11.5 Å². The minimum atomic E-state index is -0.367. The highest BCUT2D eigenvalue weighted by atomic mass is 32.2. The average Bonchev–Trinajstić information content (AvgIpc) is 2.19. The standard InChI is InChI=1S/C10H14N2OS/c11-5-6-14-7-8-3-1-2-4-9(8)10(12)13/h1-4H,5-7,11H2,(H2,12,13). The Bertz CT molecular complexity index is 315. The number of carbonyl (C=O) groups excluding carboxylic acids is 1. The molecule has 0 saturated heterocycles. The van der Waals surface area contributed by atoms with Gasteiger partial charge in [-0.3, -0.25) is 4.79 Å². The second kappa shape index (κ2) is 5.67. The zero-order chi connectivity index (χ0) is 10.4. The highest BCUT2D eigenvalue weighted by molar-refractivity contribution is 7.98. The van der Waals surface area contributed by atoms with E-state index in [0.717, 1.165) is 17.1 Å². The minimum absolute atomic E-state index is 0.367. The fourth-order valence-corrected chi connectivity index (χ4v) is 1.93. The first-order valence-corrected chi connectivity index (χ1v) is 5.56. The number of hydrogen-bond acceptors (Lipinski definition) is 3. The maximum absolute atomic E-state index is 11.0. The largest absolute Gasteiger partial charge is 0.366 e. The fourth-order valence-electron chi connectivity index (χ4n) is 1.15. The molecule has 0 atom stereocenters. The Balaban J connectivity index is 2.69. The van der Waals surface area contributed by atoms with Crippen molar-refractivity contribution in [3.63, 3.8) is 0 Å². The molecule has 0 radical (unpaired) electrons. The summed E-state index contributed by atoms with van der Waals surface area (Å²) in [4.78, 5) is 11.0. The van der Waals surface area contributed by atoms with E-state index in [1.54, 1.807) is 17.8 Å². The summed E-state index contributed by atoms with van der Waals surface area (Å²) in [5.74, 6) is 1.32. The van der Waals surface area contributed by atoms with Crippen molar-refractivity contribution in [3.8, 4) is 0 Å². The van der Waals surface area contributed by atoms with Gasteiger partial charge in [0, 0.05) is 23.6 Å². The predicted molar refractivity (Wildman–Crippen MR) is 60.2 cm³/mol. The Morgan fingerprint density at radius 3 is 2.71 bits per heavy atom. The number of rotatable bonds is 5. The number of nitrogens with two attached hydrogens (primary N) is 2. The van der Waals surface area contributed by atoms with Gasteiger partial charge < -0.3 is 11.5 Å². The van der Waals surface area contributed by atoms with E-state index in [-0.39, 0.29) is 5.91 Å². The smallest absolute Gasteiger partial charge is 0.249 e. The number of carbonyl (C=O) groups is 1. The summed E-state index contributed by atoms with van der Waals surface area (Å²) in [6.45, 7) is 0.656. The number of thioether (sulfide) groups is 1. The molecule has 0 spiro atoms. The second-order valence-electron chi connectivity index (χ2n) is 2.86. The molecule has 3 nitrogen and oxygen atoms in total. The number of amides is 1. The minimum Gasteiger partial charge on any atom is -0.366 e. The molecule has 0 aliphatic rings. The van der Waals surface area contributed by atoms with Crippen LogP contribution in [0.1, 0.15) is 15.9 Å². The van der Waals surface area contributed by atoms with E-state index in [9.17, 15) is 4.79 Å². The molecule has 0 saturated carbocycles. The normalized spacial score (nSPS) is 10.1. The quantitative estimate of drug-likeness (QED) is 0.712. The number of benzene rings is 1. The monoisotopic (exact) mass is 210 g/mol. The van der Waals surface area contributed by atoms with Gasteiger partial charge in [0.25, 0.3) is 0 Å². The summed E-state index contributed by atoms with van der Waals surface area (Å²) in [6.07, 6.45) is 0. The molecule has 1 aromatic carbocycles. The van der Waals surface area contributed by atoms with E-state index >= 15 is 0 Å². The Hall–Kier alpha value is -1.00. The van der Waals surface area contributed by atoms with E-state index in [1.165, 1.54) is 0 Å². The predicted octanol–water partition coefficient (Wildman–Crippen LogP) is 0.977. The third-order valence-corrected chi connectivity index (χ3v) is 2.84. The topological polar surface area (TPSA) is 69.1 Å². The van der Waals surface area contributed by atoms with Gasteiger partial charge in [0.1, 0.15) is 0 Å². The molecule has 1 amide bonds. The molecule has 76 valence electrons. The maximum Gasteiger partial charge on any atom is 0.249 e. The molecular weight excluding hydrogens is 196 g/mol. The maximum atomic E-state index is 11.0. The molecule has 0 unspecified atom stereocenters. The summed E-state index contributed by atoms with van der Waals surface area (Å²) in [5.41, 5.74) is 12.2. The van der Waals surface area contributed by atoms with Crippen molar-refractivity contribution in [1.82, 2.24) is 0 Å². The summed E-state index contributed by atoms with van der Waals surface area (Å²) in [6, 6.07) is 7.40. The Kier molecular flexibility index (Phi) is 4.49. The van der Waals surface area contributed by atoms with Gasteiger partial charge in [-0.15, -0.1) is 0 Å². The molecule has 1 rings (SSSR count). The number of hydrogen-bond donors (Lipinski definition) is 2. The molecule has 0 aromatic heterocycles. The molecule has 4 heteroatoms. The lowest BCUT2D eigenvalue weighted by Gasteiger charge is -2.05. The molecule has 0 fully saturated rings. The van der Waals surface area contributed by atoms with Crippen LogP contribution in [0.3, 0.4) is 0 Å². The van der Waals surface area contributed by atoms with Gasteiger partial charge in [-0.2, -0.15) is 11.8 Å². The third kappa shape index (κ3) is 3.05. The van der Waals surface area contributed by atoms with Gasteiger partial charge in [-0.25, -0.2) is 0 Å². The van der Waals surface area contributed by atoms with Gasteiger partial charge in [-0.1, -0.05) is 18.2 Å². The first-order valence-electron chi connectivity index (χ1n) is 4.41. The fraction of sp³-hybridized carbons (Fsp3) is 0.300. The van der Waals surface area contributed by atoms with Crippen LogP contribution in [0.15, 0.2) is 24.3 Å². The lowest BCUT2D eigenvalue weighted by atomic mass is 10.1. The van der Waals surface area contributed by atoms with Crippen LogP contribution in [0.5, 0.6) is 0 Å². The van der Waals surface area contributed by atoms with Crippen LogP contribution in [0.25, 0.3) is 0 Å². The van der Waals surface area contributed by atoms with Crippen LogP contribution in [-0.2, 0) is 5.75 Å². The van der Waals surface area contributed by atoms with E-state index < -0.39 is 0 Å². The van der Waals surface area contributed by atoms with Gasteiger partial charge in [0.2, 0.25) is 5.91 Å². The zero-order valence-corrected chi connectivity index (χ0v) is 8.72. The van der Waals surface area contributed by atoms with Crippen LogP contribution in [-0.4, -0.2) is 18.2 Å². The Morgan fingerprint density at radius 2 is 2.07 bits per heavy atom. The van der Waals surface area contributed by atoms with Gasteiger partial charge in [-0.05, 0) is 11.6 Å². The molecular formula is C10H14N2OS. The third-order valence-electron chi connectivity index (χ3n) is 1.80. The van der Waals surface area contributed by atoms with Crippen molar-refractivity contribution >= 4 is 17.7 Å².